The first kappa shape index (κ1) is 16.3. The van der Waals surface area contributed by atoms with Crippen LogP contribution in [0.2, 0.25) is 0 Å². The van der Waals surface area contributed by atoms with Gasteiger partial charge in [0, 0.05) is 31.6 Å². The van der Waals surface area contributed by atoms with Crippen molar-refractivity contribution in [2.45, 2.75) is 40.0 Å². The van der Waals surface area contributed by atoms with Gasteiger partial charge in [-0.05, 0) is 35.1 Å². The van der Waals surface area contributed by atoms with E-state index in [0.717, 1.165) is 11.3 Å². The molecule has 1 atom stereocenters. The first-order valence-electron chi connectivity index (χ1n) is 7.57. The molecule has 0 bridgehead atoms. The summed E-state index contributed by atoms with van der Waals surface area (Å²) >= 11 is 0. The number of hydrogen-bond acceptors (Lipinski definition) is 2. The van der Waals surface area contributed by atoms with Gasteiger partial charge in [-0.3, -0.25) is 4.79 Å². The van der Waals surface area contributed by atoms with Gasteiger partial charge < -0.3 is 15.3 Å². The molecule has 1 unspecified atom stereocenters. The van der Waals surface area contributed by atoms with Crippen LogP contribution in [-0.4, -0.2) is 35.1 Å². The fourth-order valence-electron chi connectivity index (χ4n) is 3.02. The lowest BCUT2D eigenvalue weighted by Gasteiger charge is -2.33. The standard InChI is InChI=1S/C17H24N2O3/c1-11(20)18-13-5-6-14-12(9-13)7-8-19(16(21)22)10-15(14)17(2,3)4/h5-6,9,15H,7-8,10H2,1-4H3,(H,18,20)(H,21,22). The molecule has 5 heteroatoms. The van der Waals surface area contributed by atoms with Crippen molar-refractivity contribution in [3.63, 3.8) is 0 Å². The summed E-state index contributed by atoms with van der Waals surface area (Å²) in [5.41, 5.74) is 3.03. The van der Waals surface area contributed by atoms with Gasteiger partial charge in [0.25, 0.3) is 0 Å². The second-order valence-electron chi connectivity index (χ2n) is 6.99. The number of carbonyl (C=O) groups excluding carboxylic acids is 1. The van der Waals surface area contributed by atoms with Crippen LogP contribution in [0, 0.1) is 5.41 Å². The maximum Gasteiger partial charge on any atom is 0.407 e. The molecule has 0 radical (unpaired) electrons. The zero-order valence-electron chi connectivity index (χ0n) is 13.6. The summed E-state index contributed by atoms with van der Waals surface area (Å²) in [4.78, 5) is 24.1. The number of rotatable bonds is 1. The fourth-order valence-corrected chi connectivity index (χ4v) is 3.02. The van der Waals surface area contributed by atoms with Crippen molar-refractivity contribution in [2.24, 2.45) is 5.41 Å². The van der Waals surface area contributed by atoms with Crippen LogP contribution in [0.4, 0.5) is 10.5 Å². The van der Waals surface area contributed by atoms with E-state index >= 15 is 0 Å². The van der Waals surface area contributed by atoms with Crippen LogP contribution in [0.5, 0.6) is 0 Å². The minimum atomic E-state index is -0.871. The Hall–Kier alpha value is -2.04. The van der Waals surface area contributed by atoms with Gasteiger partial charge in [0.05, 0.1) is 0 Å². The average Bonchev–Trinajstić information content (AvgIpc) is 2.56. The molecule has 0 saturated carbocycles. The molecule has 0 fully saturated rings. The highest BCUT2D eigenvalue weighted by Crippen LogP contribution is 2.39. The Morgan fingerprint density at radius 2 is 2.00 bits per heavy atom. The SMILES string of the molecule is CC(=O)Nc1ccc2c(c1)CCN(C(=O)O)CC2C(C)(C)C. The number of fused-ring (bicyclic) bond motifs is 1. The van der Waals surface area contributed by atoms with Crippen LogP contribution in [0.1, 0.15) is 44.7 Å². The van der Waals surface area contributed by atoms with Gasteiger partial charge >= 0.3 is 6.09 Å². The molecule has 2 rings (SSSR count). The summed E-state index contributed by atoms with van der Waals surface area (Å²) < 4.78 is 0. The van der Waals surface area contributed by atoms with Crippen molar-refractivity contribution in [2.75, 3.05) is 18.4 Å². The molecule has 2 amide bonds. The second kappa shape index (κ2) is 5.99. The number of hydrogen-bond donors (Lipinski definition) is 2. The summed E-state index contributed by atoms with van der Waals surface area (Å²) in [5.74, 6) is 0.0283. The number of nitrogens with one attached hydrogen (secondary N) is 1. The Kier molecular flexibility index (Phi) is 4.44. The highest BCUT2D eigenvalue weighted by molar-refractivity contribution is 5.88. The highest BCUT2D eigenvalue weighted by Gasteiger charge is 2.33. The molecule has 1 aromatic rings. The molecule has 1 aromatic carbocycles. The van der Waals surface area contributed by atoms with Crippen LogP contribution >= 0.6 is 0 Å². The molecule has 1 heterocycles. The minimum absolute atomic E-state index is 0.0394. The molecular weight excluding hydrogens is 280 g/mol. The van der Waals surface area contributed by atoms with Gasteiger partial charge in [0.15, 0.2) is 0 Å². The van der Waals surface area contributed by atoms with Gasteiger partial charge in [-0.1, -0.05) is 26.8 Å². The topological polar surface area (TPSA) is 69.6 Å². The van der Waals surface area contributed by atoms with Crippen molar-refractivity contribution in [1.82, 2.24) is 4.90 Å². The van der Waals surface area contributed by atoms with Gasteiger partial charge in [0.1, 0.15) is 0 Å². The summed E-state index contributed by atoms with van der Waals surface area (Å²) in [7, 11) is 0. The summed E-state index contributed by atoms with van der Waals surface area (Å²) in [6, 6.07) is 5.90. The fraction of sp³-hybridized carbons (Fsp3) is 0.529. The predicted octanol–water partition coefficient (Wildman–Crippen LogP) is 3.31. The van der Waals surface area contributed by atoms with Crippen LogP contribution in [-0.2, 0) is 11.2 Å². The Bertz CT molecular complexity index is 590. The molecule has 0 aliphatic carbocycles. The Labute approximate surface area is 131 Å². The number of nitrogens with zero attached hydrogens (tertiary/aromatic N) is 1. The Balaban J connectivity index is 2.42. The molecule has 0 spiro atoms. The quantitative estimate of drug-likeness (QED) is 0.836. The number of anilines is 1. The third-order valence-corrected chi connectivity index (χ3v) is 4.21. The van der Waals surface area contributed by atoms with Gasteiger partial charge in [-0.15, -0.1) is 0 Å². The lowest BCUT2D eigenvalue weighted by molar-refractivity contribution is -0.114. The lowest BCUT2D eigenvalue weighted by Crippen LogP contribution is -2.36. The van der Waals surface area contributed by atoms with Crippen LogP contribution in [0.3, 0.4) is 0 Å². The first-order valence-corrected chi connectivity index (χ1v) is 7.57. The summed E-state index contributed by atoms with van der Waals surface area (Å²) in [5, 5.41) is 12.2. The normalized spacial score (nSPS) is 18.4. The highest BCUT2D eigenvalue weighted by atomic mass is 16.4. The monoisotopic (exact) mass is 304 g/mol. The summed E-state index contributed by atoms with van der Waals surface area (Å²) in [6.45, 7) is 8.87. The number of benzene rings is 1. The van der Waals surface area contributed by atoms with E-state index in [4.69, 9.17) is 0 Å². The van der Waals surface area contributed by atoms with E-state index in [2.05, 4.69) is 26.1 Å². The number of amides is 2. The van der Waals surface area contributed by atoms with E-state index in [-0.39, 0.29) is 17.2 Å². The molecule has 0 aromatic heterocycles. The van der Waals surface area contributed by atoms with Gasteiger partial charge in [-0.2, -0.15) is 0 Å². The predicted molar refractivity (Wildman–Crippen MR) is 86.2 cm³/mol. The third kappa shape index (κ3) is 3.59. The van der Waals surface area contributed by atoms with Crippen molar-refractivity contribution >= 4 is 17.7 Å². The molecule has 2 N–H and O–H groups in total. The van der Waals surface area contributed by atoms with E-state index in [0.29, 0.717) is 19.5 Å². The maximum atomic E-state index is 11.4. The average molecular weight is 304 g/mol. The van der Waals surface area contributed by atoms with Crippen LogP contribution in [0.15, 0.2) is 18.2 Å². The Morgan fingerprint density at radius 1 is 1.32 bits per heavy atom. The minimum Gasteiger partial charge on any atom is -0.465 e. The lowest BCUT2D eigenvalue weighted by atomic mass is 9.75. The first-order chi connectivity index (χ1) is 10.2. The maximum absolute atomic E-state index is 11.4. The zero-order valence-corrected chi connectivity index (χ0v) is 13.6. The zero-order chi connectivity index (χ0) is 16.5. The van der Waals surface area contributed by atoms with E-state index in [1.807, 2.05) is 18.2 Å². The third-order valence-electron chi connectivity index (χ3n) is 4.21. The van der Waals surface area contributed by atoms with Crippen LogP contribution < -0.4 is 5.32 Å². The van der Waals surface area contributed by atoms with Gasteiger partial charge in [-0.25, -0.2) is 4.79 Å². The Morgan fingerprint density at radius 3 is 2.55 bits per heavy atom. The molecule has 1 aliphatic rings. The van der Waals surface area contributed by atoms with Crippen molar-refractivity contribution in [3.8, 4) is 0 Å². The van der Waals surface area contributed by atoms with Crippen molar-refractivity contribution in [1.29, 1.82) is 0 Å². The molecule has 0 saturated heterocycles. The van der Waals surface area contributed by atoms with Crippen molar-refractivity contribution < 1.29 is 14.7 Å². The second-order valence-corrected chi connectivity index (χ2v) is 6.99. The van der Waals surface area contributed by atoms with E-state index in [1.165, 1.54) is 17.4 Å². The van der Waals surface area contributed by atoms with Crippen molar-refractivity contribution in [3.05, 3.63) is 29.3 Å². The molecule has 5 nitrogen and oxygen atoms in total. The van der Waals surface area contributed by atoms with Crippen LogP contribution in [0.25, 0.3) is 0 Å². The van der Waals surface area contributed by atoms with E-state index < -0.39 is 6.09 Å². The molecule has 120 valence electrons. The number of carboxylic acid groups (broad SMARTS) is 1. The number of carbonyl (C=O) groups is 2. The van der Waals surface area contributed by atoms with E-state index in [9.17, 15) is 14.7 Å². The smallest absolute Gasteiger partial charge is 0.407 e. The molecular formula is C17H24N2O3. The van der Waals surface area contributed by atoms with E-state index in [1.54, 1.807) is 0 Å². The summed E-state index contributed by atoms with van der Waals surface area (Å²) in [6.07, 6.45) is -0.203. The molecule has 1 aliphatic heterocycles. The molecule has 22 heavy (non-hydrogen) atoms. The largest absolute Gasteiger partial charge is 0.465 e. The van der Waals surface area contributed by atoms with Gasteiger partial charge in [0.2, 0.25) is 5.91 Å².